The molecule has 1 aliphatic rings. The number of amides is 2. The van der Waals surface area contributed by atoms with Gasteiger partial charge in [-0.1, -0.05) is 48.0 Å². The third kappa shape index (κ3) is 3.88. The van der Waals surface area contributed by atoms with E-state index in [9.17, 15) is 4.79 Å². The third-order valence-corrected chi connectivity index (χ3v) is 6.27. The van der Waals surface area contributed by atoms with Gasteiger partial charge in [-0.2, -0.15) is 0 Å². The van der Waals surface area contributed by atoms with Crippen LogP contribution in [-0.4, -0.2) is 29.7 Å². The number of carbonyl (C=O) groups excluding carboxylic acids is 1. The van der Waals surface area contributed by atoms with Crippen LogP contribution in [0.5, 0.6) is 11.5 Å². The van der Waals surface area contributed by atoms with Gasteiger partial charge in [-0.05, 0) is 48.4 Å². The molecule has 1 aromatic heterocycles. The summed E-state index contributed by atoms with van der Waals surface area (Å²) in [5.74, 6) is 1.20. The van der Waals surface area contributed by atoms with Crippen LogP contribution in [-0.2, 0) is 6.54 Å². The molecule has 0 radical (unpaired) electrons. The second-order valence-corrected chi connectivity index (χ2v) is 8.37. The summed E-state index contributed by atoms with van der Waals surface area (Å²) < 4.78 is 13.0. The molecule has 6 nitrogen and oxygen atoms in total. The van der Waals surface area contributed by atoms with Crippen molar-refractivity contribution >= 4 is 11.7 Å². The van der Waals surface area contributed by atoms with Gasteiger partial charge in [0.2, 0.25) is 0 Å². The molecule has 2 amide bonds. The molecule has 34 heavy (non-hydrogen) atoms. The minimum absolute atomic E-state index is 0.210. The predicted molar refractivity (Wildman–Crippen MR) is 133 cm³/mol. The molecule has 6 heteroatoms. The second kappa shape index (κ2) is 8.98. The van der Waals surface area contributed by atoms with Crippen molar-refractivity contribution in [2.75, 3.05) is 19.5 Å². The molecule has 4 aromatic rings. The predicted octanol–water partition coefficient (Wildman–Crippen LogP) is 5.94. The van der Waals surface area contributed by atoms with Crippen molar-refractivity contribution in [2.45, 2.75) is 19.5 Å². The van der Waals surface area contributed by atoms with Gasteiger partial charge in [0.05, 0.1) is 38.2 Å². The number of aryl methyl sites for hydroxylation is 1. The summed E-state index contributed by atoms with van der Waals surface area (Å²) in [6.07, 6.45) is 2.06. The zero-order chi connectivity index (χ0) is 23.7. The van der Waals surface area contributed by atoms with Gasteiger partial charge in [-0.15, -0.1) is 0 Å². The van der Waals surface area contributed by atoms with E-state index in [-0.39, 0.29) is 12.1 Å². The first-order valence-corrected chi connectivity index (χ1v) is 11.2. The van der Waals surface area contributed by atoms with Crippen LogP contribution in [0.4, 0.5) is 10.5 Å². The van der Waals surface area contributed by atoms with Crippen LogP contribution >= 0.6 is 0 Å². The van der Waals surface area contributed by atoms with Crippen LogP contribution in [0.25, 0.3) is 5.69 Å². The van der Waals surface area contributed by atoms with Crippen molar-refractivity contribution < 1.29 is 14.3 Å². The van der Waals surface area contributed by atoms with Crippen molar-refractivity contribution in [3.05, 3.63) is 107 Å². The molecule has 5 rings (SSSR count). The van der Waals surface area contributed by atoms with Gasteiger partial charge in [0.25, 0.3) is 0 Å². The lowest BCUT2D eigenvalue weighted by Crippen LogP contribution is -2.38. The molecule has 0 saturated carbocycles. The summed E-state index contributed by atoms with van der Waals surface area (Å²) in [6, 6.07) is 25.6. The monoisotopic (exact) mass is 453 g/mol. The molecule has 0 fully saturated rings. The quantitative estimate of drug-likeness (QED) is 0.416. The fourth-order valence-corrected chi connectivity index (χ4v) is 4.53. The van der Waals surface area contributed by atoms with Gasteiger partial charge in [-0.3, -0.25) is 0 Å². The minimum atomic E-state index is -0.271. The molecular weight excluding hydrogens is 426 g/mol. The van der Waals surface area contributed by atoms with Crippen molar-refractivity contribution in [3.63, 3.8) is 0 Å². The van der Waals surface area contributed by atoms with E-state index in [4.69, 9.17) is 9.47 Å². The summed E-state index contributed by atoms with van der Waals surface area (Å²) >= 11 is 0. The number of anilines is 1. The molecule has 0 spiro atoms. The number of ether oxygens (including phenoxy) is 2. The maximum atomic E-state index is 13.9. The lowest BCUT2D eigenvalue weighted by Gasteiger charge is -2.31. The zero-order valence-corrected chi connectivity index (χ0v) is 19.5. The lowest BCUT2D eigenvalue weighted by atomic mass is 10.0. The summed E-state index contributed by atoms with van der Waals surface area (Å²) in [6.45, 7) is 2.52. The molecule has 1 aliphatic heterocycles. The molecule has 1 atom stereocenters. The third-order valence-electron chi connectivity index (χ3n) is 6.27. The first-order chi connectivity index (χ1) is 16.6. The number of hydrogen-bond donors (Lipinski definition) is 1. The highest BCUT2D eigenvalue weighted by molar-refractivity contribution is 5.92. The van der Waals surface area contributed by atoms with Gasteiger partial charge >= 0.3 is 6.03 Å². The number of aromatic nitrogens is 1. The Morgan fingerprint density at radius 1 is 0.941 bits per heavy atom. The van der Waals surface area contributed by atoms with E-state index in [1.807, 2.05) is 23.1 Å². The number of hydrogen-bond acceptors (Lipinski definition) is 3. The topological polar surface area (TPSA) is 55.7 Å². The Hall–Kier alpha value is -4.19. The highest BCUT2D eigenvalue weighted by Gasteiger charge is 2.33. The second-order valence-electron chi connectivity index (χ2n) is 8.37. The van der Waals surface area contributed by atoms with Crippen molar-refractivity contribution in [2.24, 2.45) is 0 Å². The first kappa shape index (κ1) is 21.6. The average Bonchev–Trinajstić information content (AvgIpc) is 3.29. The molecule has 1 unspecified atom stereocenters. The smallest absolute Gasteiger partial charge is 0.323 e. The number of nitrogens with one attached hydrogen (secondary N) is 1. The number of urea groups is 1. The van der Waals surface area contributed by atoms with E-state index >= 15 is 0 Å². The summed E-state index contributed by atoms with van der Waals surface area (Å²) in [4.78, 5) is 15.7. The van der Waals surface area contributed by atoms with Gasteiger partial charge in [0.15, 0.2) is 0 Å². The average molecular weight is 454 g/mol. The van der Waals surface area contributed by atoms with Gasteiger partial charge in [0.1, 0.15) is 11.5 Å². The van der Waals surface area contributed by atoms with Crippen LogP contribution in [0.1, 0.15) is 28.4 Å². The molecule has 0 aliphatic carbocycles. The van der Waals surface area contributed by atoms with E-state index in [1.54, 1.807) is 32.4 Å². The summed E-state index contributed by atoms with van der Waals surface area (Å²) in [7, 11) is 3.18. The highest BCUT2D eigenvalue weighted by Crippen LogP contribution is 2.38. The Labute approximate surface area is 199 Å². The maximum Gasteiger partial charge on any atom is 0.323 e. The summed E-state index contributed by atoms with van der Waals surface area (Å²) in [5.41, 5.74) is 6.00. The molecule has 2 heterocycles. The molecular formula is C28H27N3O3. The number of methoxy groups -OCH3 is 2. The molecule has 0 saturated heterocycles. The lowest BCUT2D eigenvalue weighted by molar-refractivity contribution is 0.194. The molecule has 0 bridgehead atoms. The van der Waals surface area contributed by atoms with E-state index in [0.717, 1.165) is 22.5 Å². The van der Waals surface area contributed by atoms with E-state index in [0.29, 0.717) is 23.7 Å². The number of carbonyl (C=O) groups is 1. The maximum absolute atomic E-state index is 13.9. The Morgan fingerprint density at radius 3 is 2.50 bits per heavy atom. The number of para-hydroxylation sites is 1. The standard InChI is InChI=1S/C28H27N3O3/c1-19-10-12-20(13-11-19)27-25-9-6-16-30(25)24-8-5-4-7-21(24)18-31(27)28(32)29-23-15-14-22(33-2)17-26(23)34-3/h4-17,27H,18H2,1-3H3,(H,29,32). The molecule has 1 N–H and O–H groups in total. The SMILES string of the molecule is COc1ccc(NC(=O)N2Cc3ccccc3-n3cccc3C2c2ccc(C)cc2)c(OC)c1. The van der Waals surface area contributed by atoms with Crippen LogP contribution in [0.3, 0.4) is 0 Å². The highest BCUT2D eigenvalue weighted by atomic mass is 16.5. The van der Waals surface area contributed by atoms with Crippen LogP contribution in [0.2, 0.25) is 0 Å². The van der Waals surface area contributed by atoms with Crippen LogP contribution in [0, 0.1) is 6.92 Å². The fourth-order valence-electron chi connectivity index (χ4n) is 4.53. The molecule has 172 valence electrons. The van der Waals surface area contributed by atoms with Crippen molar-refractivity contribution in [3.8, 4) is 17.2 Å². The number of rotatable bonds is 4. The Morgan fingerprint density at radius 2 is 1.74 bits per heavy atom. The fraction of sp³-hybridized carbons (Fsp3) is 0.179. The minimum Gasteiger partial charge on any atom is -0.497 e. The number of benzene rings is 3. The normalized spacial score (nSPS) is 14.6. The number of nitrogens with zero attached hydrogens (tertiary/aromatic N) is 2. The largest absolute Gasteiger partial charge is 0.497 e. The van der Waals surface area contributed by atoms with E-state index in [2.05, 4.69) is 65.5 Å². The van der Waals surface area contributed by atoms with E-state index < -0.39 is 0 Å². The van der Waals surface area contributed by atoms with E-state index in [1.165, 1.54) is 5.56 Å². The Balaban J connectivity index is 1.60. The van der Waals surface area contributed by atoms with Gasteiger partial charge in [-0.25, -0.2) is 4.79 Å². The van der Waals surface area contributed by atoms with Crippen LogP contribution < -0.4 is 14.8 Å². The molecule has 3 aromatic carbocycles. The number of fused-ring (bicyclic) bond motifs is 3. The Kier molecular flexibility index (Phi) is 5.72. The first-order valence-electron chi connectivity index (χ1n) is 11.2. The zero-order valence-electron chi connectivity index (χ0n) is 19.5. The van der Waals surface area contributed by atoms with Gasteiger partial charge < -0.3 is 24.3 Å². The Bertz CT molecular complexity index is 1330. The van der Waals surface area contributed by atoms with Crippen LogP contribution in [0.15, 0.2) is 85.1 Å². The van der Waals surface area contributed by atoms with Crippen molar-refractivity contribution in [1.82, 2.24) is 9.47 Å². The summed E-state index contributed by atoms with van der Waals surface area (Å²) in [5, 5.41) is 3.07. The van der Waals surface area contributed by atoms with Gasteiger partial charge in [0, 0.05) is 18.0 Å². The van der Waals surface area contributed by atoms with Crippen molar-refractivity contribution in [1.29, 1.82) is 0 Å².